The second kappa shape index (κ2) is 5.65. The highest BCUT2D eigenvalue weighted by molar-refractivity contribution is 5.94. The van der Waals surface area contributed by atoms with Crippen LogP contribution in [0, 0.1) is 11.3 Å². The van der Waals surface area contributed by atoms with E-state index in [0.717, 1.165) is 5.56 Å². The summed E-state index contributed by atoms with van der Waals surface area (Å²) < 4.78 is 0. The third kappa shape index (κ3) is 2.74. The number of nitrogens with zero attached hydrogens (tertiary/aromatic N) is 1. The molecule has 0 heterocycles. The van der Waals surface area contributed by atoms with Gasteiger partial charge in [-0.2, -0.15) is 5.26 Å². The Morgan fingerprint density at radius 3 is 2.11 bits per heavy atom. The molecule has 0 bridgehead atoms. The molecule has 0 aliphatic rings. The zero-order valence-electron chi connectivity index (χ0n) is 9.71. The van der Waals surface area contributed by atoms with Gasteiger partial charge in [0.05, 0.1) is 6.07 Å². The lowest BCUT2D eigenvalue weighted by molar-refractivity contribution is 0.0945. The fourth-order valence-corrected chi connectivity index (χ4v) is 1.64. The molecule has 0 saturated carbocycles. The predicted octanol–water partition coefficient (Wildman–Crippen LogP) is 2.68. The van der Waals surface area contributed by atoms with Crippen molar-refractivity contribution in [2.24, 2.45) is 0 Å². The van der Waals surface area contributed by atoms with Gasteiger partial charge in [-0.05, 0) is 17.7 Å². The standard InChI is InChI=1S/C15H12N2O/c16-11-14(12-7-3-1-4-8-12)17-15(18)13-9-5-2-6-10-13/h1-10,14H,(H,17,18)/t14-/m0/s1. The number of carbonyl (C=O) groups is 1. The maximum absolute atomic E-state index is 11.9. The van der Waals surface area contributed by atoms with Crippen molar-refractivity contribution in [3.63, 3.8) is 0 Å². The zero-order chi connectivity index (χ0) is 12.8. The van der Waals surface area contributed by atoms with E-state index in [1.165, 1.54) is 0 Å². The van der Waals surface area contributed by atoms with E-state index in [2.05, 4.69) is 11.4 Å². The quantitative estimate of drug-likeness (QED) is 0.890. The van der Waals surface area contributed by atoms with Crippen molar-refractivity contribution < 1.29 is 4.79 Å². The second-order valence-corrected chi connectivity index (χ2v) is 3.81. The van der Waals surface area contributed by atoms with Gasteiger partial charge < -0.3 is 5.32 Å². The summed E-state index contributed by atoms with van der Waals surface area (Å²) in [5.74, 6) is -0.244. The van der Waals surface area contributed by atoms with Crippen LogP contribution in [0.1, 0.15) is 22.0 Å². The fourth-order valence-electron chi connectivity index (χ4n) is 1.64. The van der Waals surface area contributed by atoms with E-state index in [1.807, 2.05) is 36.4 Å². The Morgan fingerprint density at radius 2 is 1.56 bits per heavy atom. The van der Waals surface area contributed by atoms with Crippen LogP contribution in [0.3, 0.4) is 0 Å². The summed E-state index contributed by atoms with van der Waals surface area (Å²) in [4.78, 5) is 11.9. The van der Waals surface area contributed by atoms with Gasteiger partial charge in [0, 0.05) is 5.56 Å². The summed E-state index contributed by atoms with van der Waals surface area (Å²) >= 11 is 0. The molecule has 1 N–H and O–H groups in total. The minimum absolute atomic E-state index is 0.244. The van der Waals surface area contributed by atoms with Crippen LogP contribution in [0.5, 0.6) is 0 Å². The number of nitriles is 1. The van der Waals surface area contributed by atoms with Crippen LogP contribution in [0.2, 0.25) is 0 Å². The number of amides is 1. The maximum Gasteiger partial charge on any atom is 0.252 e. The monoisotopic (exact) mass is 236 g/mol. The topological polar surface area (TPSA) is 52.9 Å². The van der Waals surface area contributed by atoms with E-state index in [9.17, 15) is 4.79 Å². The van der Waals surface area contributed by atoms with E-state index in [1.54, 1.807) is 24.3 Å². The first-order chi connectivity index (χ1) is 8.81. The summed E-state index contributed by atoms with van der Waals surface area (Å²) in [6, 6.07) is 19.5. The Morgan fingerprint density at radius 1 is 1.00 bits per heavy atom. The maximum atomic E-state index is 11.9. The van der Waals surface area contributed by atoms with Gasteiger partial charge in [-0.15, -0.1) is 0 Å². The Labute approximate surface area is 106 Å². The normalized spacial score (nSPS) is 11.3. The lowest BCUT2D eigenvalue weighted by Gasteiger charge is -2.11. The lowest BCUT2D eigenvalue weighted by Crippen LogP contribution is -2.27. The van der Waals surface area contributed by atoms with Crippen LogP contribution < -0.4 is 5.32 Å². The van der Waals surface area contributed by atoms with E-state index in [0.29, 0.717) is 5.56 Å². The molecule has 3 heteroatoms. The van der Waals surface area contributed by atoms with Gasteiger partial charge in [0.1, 0.15) is 6.04 Å². The van der Waals surface area contributed by atoms with Crippen LogP contribution in [-0.2, 0) is 0 Å². The van der Waals surface area contributed by atoms with Crippen molar-refractivity contribution in [3.8, 4) is 6.07 Å². The number of hydrogen-bond acceptors (Lipinski definition) is 2. The minimum atomic E-state index is -0.626. The van der Waals surface area contributed by atoms with Gasteiger partial charge in [-0.1, -0.05) is 48.5 Å². The average Bonchev–Trinajstić information content (AvgIpc) is 2.46. The van der Waals surface area contributed by atoms with E-state index in [4.69, 9.17) is 5.26 Å². The molecule has 1 atom stereocenters. The first kappa shape index (κ1) is 11.9. The highest BCUT2D eigenvalue weighted by atomic mass is 16.1. The number of carbonyl (C=O) groups excluding carboxylic acids is 1. The Hall–Kier alpha value is -2.60. The van der Waals surface area contributed by atoms with Crippen LogP contribution in [0.25, 0.3) is 0 Å². The molecular weight excluding hydrogens is 224 g/mol. The van der Waals surface area contributed by atoms with Gasteiger partial charge in [-0.25, -0.2) is 0 Å². The Bertz CT molecular complexity index is 558. The SMILES string of the molecule is N#C[C@H](NC(=O)c1ccccc1)c1ccccc1. The summed E-state index contributed by atoms with van der Waals surface area (Å²) in [6.45, 7) is 0. The van der Waals surface area contributed by atoms with Gasteiger partial charge >= 0.3 is 0 Å². The Kier molecular flexibility index (Phi) is 3.72. The number of nitrogens with one attached hydrogen (secondary N) is 1. The molecule has 0 fully saturated rings. The largest absolute Gasteiger partial charge is 0.333 e. The molecule has 0 aliphatic carbocycles. The van der Waals surface area contributed by atoms with Crippen molar-refractivity contribution in [2.75, 3.05) is 0 Å². The summed E-state index contributed by atoms with van der Waals surface area (Å²) in [6.07, 6.45) is 0. The molecule has 2 rings (SSSR count). The molecule has 0 aromatic heterocycles. The van der Waals surface area contributed by atoms with Crippen LogP contribution >= 0.6 is 0 Å². The lowest BCUT2D eigenvalue weighted by atomic mass is 10.1. The fraction of sp³-hybridized carbons (Fsp3) is 0.0667. The number of rotatable bonds is 3. The summed E-state index contributed by atoms with van der Waals surface area (Å²) in [5.41, 5.74) is 1.33. The van der Waals surface area contributed by atoms with Gasteiger partial charge in [0.25, 0.3) is 5.91 Å². The van der Waals surface area contributed by atoms with Crippen LogP contribution in [0.4, 0.5) is 0 Å². The molecule has 0 saturated heterocycles. The molecule has 18 heavy (non-hydrogen) atoms. The third-order valence-corrected chi connectivity index (χ3v) is 2.57. The van der Waals surface area contributed by atoms with E-state index in [-0.39, 0.29) is 5.91 Å². The zero-order valence-corrected chi connectivity index (χ0v) is 9.71. The van der Waals surface area contributed by atoms with Gasteiger partial charge in [0.2, 0.25) is 0 Å². The molecule has 88 valence electrons. The highest BCUT2D eigenvalue weighted by Crippen LogP contribution is 2.12. The average molecular weight is 236 g/mol. The first-order valence-electron chi connectivity index (χ1n) is 5.62. The molecule has 2 aromatic rings. The van der Waals surface area contributed by atoms with Crippen molar-refractivity contribution in [1.29, 1.82) is 5.26 Å². The third-order valence-electron chi connectivity index (χ3n) is 2.57. The molecular formula is C15H12N2O. The molecule has 0 radical (unpaired) electrons. The first-order valence-corrected chi connectivity index (χ1v) is 5.62. The van der Waals surface area contributed by atoms with Crippen molar-refractivity contribution in [3.05, 3.63) is 71.8 Å². The smallest absolute Gasteiger partial charge is 0.252 e. The Balaban J connectivity index is 2.14. The van der Waals surface area contributed by atoms with Crippen molar-refractivity contribution >= 4 is 5.91 Å². The number of hydrogen-bond donors (Lipinski definition) is 1. The van der Waals surface area contributed by atoms with Gasteiger partial charge in [-0.3, -0.25) is 4.79 Å². The summed E-state index contributed by atoms with van der Waals surface area (Å²) in [7, 11) is 0. The predicted molar refractivity (Wildman–Crippen MR) is 68.7 cm³/mol. The van der Waals surface area contributed by atoms with Crippen molar-refractivity contribution in [2.45, 2.75) is 6.04 Å². The van der Waals surface area contributed by atoms with Crippen LogP contribution in [-0.4, -0.2) is 5.91 Å². The highest BCUT2D eigenvalue weighted by Gasteiger charge is 2.14. The van der Waals surface area contributed by atoms with E-state index >= 15 is 0 Å². The molecule has 0 unspecified atom stereocenters. The van der Waals surface area contributed by atoms with E-state index < -0.39 is 6.04 Å². The molecule has 0 aliphatic heterocycles. The minimum Gasteiger partial charge on any atom is -0.333 e. The molecule has 1 amide bonds. The summed E-state index contributed by atoms with van der Waals surface area (Å²) in [5, 5.41) is 11.8. The van der Waals surface area contributed by atoms with Gasteiger partial charge in [0.15, 0.2) is 0 Å². The molecule has 3 nitrogen and oxygen atoms in total. The second-order valence-electron chi connectivity index (χ2n) is 3.81. The van der Waals surface area contributed by atoms with Crippen molar-refractivity contribution in [1.82, 2.24) is 5.32 Å². The molecule has 2 aromatic carbocycles. The number of benzene rings is 2. The molecule has 0 spiro atoms. The van der Waals surface area contributed by atoms with Crippen LogP contribution in [0.15, 0.2) is 60.7 Å².